The molecule has 2 aromatic rings. The zero-order valence-corrected chi connectivity index (χ0v) is 12.2. The Bertz CT molecular complexity index is 670. The van der Waals surface area contributed by atoms with E-state index in [1.807, 2.05) is 31.2 Å². The van der Waals surface area contributed by atoms with E-state index in [1.165, 1.54) is 0 Å². The van der Waals surface area contributed by atoms with E-state index in [0.29, 0.717) is 6.54 Å². The summed E-state index contributed by atoms with van der Waals surface area (Å²) in [7, 11) is 0. The first-order valence-corrected chi connectivity index (χ1v) is 7.34. The van der Waals surface area contributed by atoms with Crippen LogP contribution in [0.4, 0.5) is 5.69 Å². The number of piperazine rings is 1. The van der Waals surface area contributed by atoms with Crippen molar-refractivity contribution in [1.29, 1.82) is 0 Å². The van der Waals surface area contributed by atoms with E-state index >= 15 is 0 Å². The van der Waals surface area contributed by atoms with E-state index in [2.05, 4.69) is 15.2 Å². The summed E-state index contributed by atoms with van der Waals surface area (Å²) < 4.78 is 0. The summed E-state index contributed by atoms with van der Waals surface area (Å²) in [5, 5.41) is 3.91. The first kappa shape index (κ1) is 13.8. The largest absolute Gasteiger partial charge is 0.398 e. The van der Waals surface area contributed by atoms with Crippen LogP contribution in [0.2, 0.25) is 0 Å². The summed E-state index contributed by atoms with van der Waals surface area (Å²) in [6.45, 7) is 4.33. The van der Waals surface area contributed by atoms with E-state index in [9.17, 15) is 4.79 Å². The zero-order valence-electron chi connectivity index (χ0n) is 12.2. The van der Waals surface area contributed by atoms with Gasteiger partial charge in [0.15, 0.2) is 0 Å². The average Bonchev–Trinajstić information content (AvgIpc) is 2.51. The fraction of sp³-hybridized carbons (Fsp3) is 0.375. The fourth-order valence-electron chi connectivity index (χ4n) is 2.99. The molecule has 110 valence electrons. The number of carbonyl (C=O) groups is 1. The minimum atomic E-state index is -0.0601. The number of hydrogen-bond donors (Lipinski definition) is 2. The SMILES string of the molecule is CCC1C(=O)NCCN1Cc1ccc(N)c2cccnc12. The van der Waals surface area contributed by atoms with Gasteiger partial charge in [0.05, 0.1) is 11.6 Å². The van der Waals surface area contributed by atoms with Crippen molar-refractivity contribution >= 4 is 22.5 Å². The summed E-state index contributed by atoms with van der Waals surface area (Å²) in [4.78, 5) is 18.6. The van der Waals surface area contributed by atoms with Crippen molar-refractivity contribution in [3.05, 3.63) is 36.0 Å². The number of rotatable bonds is 3. The van der Waals surface area contributed by atoms with E-state index in [1.54, 1.807) is 6.20 Å². The monoisotopic (exact) mass is 284 g/mol. The van der Waals surface area contributed by atoms with Gasteiger partial charge in [0.25, 0.3) is 0 Å². The lowest BCUT2D eigenvalue weighted by Crippen LogP contribution is -2.54. The van der Waals surface area contributed by atoms with Gasteiger partial charge in [0.1, 0.15) is 0 Å². The lowest BCUT2D eigenvalue weighted by Gasteiger charge is -2.34. The molecule has 0 spiro atoms. The molecule has 1 amide bonds. The highest BCUT2D eigenvalue weighted by Crippen LogP contribution is 2.24. The maximum absolute atomic E-state index is 12.0. The van der Waals surface area contributed by atoms with Crippen molar-refractivity contribution in [3.63, 3.8) is 0 Å². The standard InChI is InChI=1S/C16H20N4O/c1-2-14-16(21)19-8-9-20(14)10-11-5-6-13(17)12-4-3-7-18-15(11)12/h3-7,14H,2,8-10,17H2,1H3,(H,19,21). The molecule has 1 saturated heterocycles. The van der Waals surface area contributed by atoms with Crippen LogP contribution in [-0.2, 0) is 11.3 Å². The molecule has 2 heterocycles. The molecule has 1 aliphatic heterocycles. The lowest BCUT2D eigenvalue weighted by atomic mass is 10.0. The molecular weight excluding hydrogens is 264 g/mol. The Balaban J connectivity index is 1.94. The van der Waals surface area contributed by atoms with E-state index in [0.717, 1.165) is 41.7 Å². The molecule has 1 aromatic carbocycles. The molecule has 1 fully saturated rings. The fourth-order valence-corrected chi connectivity index (χ4v) is 2.99. The number of anilines is 1. The Morgan fingerprint density at radius 2 is 2.29 bits per heavy atom. The van der Waals surface area contributed by atoms with Gasteiger partial charge in [-0.15, -0.1) is 0 Å². The molecule has 5 nitrogen and oxygen atoms in total. The number of nitrogens with zero attached hydrogens (tertiary/aromatic N) is 2. The van der Waals surface area contributed by atoms with Gasteiger partial charge in [-0.05, 0) is 30.2 Å². The number of nitrogens with two attached hydrogens (primary N) is 1. The zero-order chi connectivity index (χ0) is 14.8. The molecule has 0 aliphatic carbocycles. The number of benzene rings is 1. The third kappa shape index (κ3) is 2.56. The predicted molar refractivity (Wildman–Crippen MR) is 83.7 cm³/mol. The molecule has 1 atom stereocenters. The first-order valence-electron chi connectivity index (χ1n) is 7.34. The Labute approximate surface area is 124 Å². The van der Waals surface area contributed by atoms with Crippen LogP contribution in [0, 0.1) is 0 Å². The number of hydrogen-bond acceptors (Lipinski definition) is 4. The molecule has 0 radical (unpaired) electrons. The van der Waals surface area contributed by atoms with Crippen LogP contribution in [0.5, 0.6) is 0 Å². The van der Waals surface area contributed by atoms with Gasteiger partial charge in [0, 0.05) is 36.9 Å². The highest BCUT2D eigenvalue weighted by Gasteiger charge is 2.28. The van der Waals surface area contributed by atoms with Gasteiger partial charge in [-0.1, -0.05) is 13.0 Å². The molecule has 0 saturated carbocycles. The quantitative estimate of drug-likeness (QED) is 0.839. The number of pyridine rings is 1. The van der Waals surface area contributed by atoms with Crippen molar-refractivity contribution in [1.82, 2.24) is 15.2 Å². The summed E-state index contributed by atoms with van der Waals surface area (Å²) >= 11 is 0. The normalized spacial score (nSPS) is 19.7. The van der Waals surface area contributed by atoms with Crippen molar-refractivity contribution in [3.8, 4) is 0 Å². The van der Waals surface area contributed by atoms with Crippen LogP contribution in [0.3, 0.4) is 0 Å². The maximum atomic E-state index is 12.0. The van der Waals surface area contributed by atoms with E-state index in [4.69, 9.17) is 5.73 Å². The Morgan fingerprint density at radius 3 is 3.10 bits per heavy atom. The van der Waals surface area contributed by atoms with Crippen LogP contribution >= 0.6 is 0 Å². The highest BCUT2D eigenvalue weighted by molar-refractivity contribution is 5.92. The van der Waals surface area contributed by atoms with Crippen LogP contribution in [0.15, 0.2) is 30.5 Å². The number of nitrogens with one attached hydrogen (secondary N) is 1. The number of amides is 1. The second-order valence-corrected chi connectivity index (χ2v) is 5.40. The van der Waals surface area contributed by atoms with Gasteiger partial charge in [0.2, 0.25) is 5.91 Å². The topological polar surface area (TPSA) is 71.2 Å². The summed E-state index contributed by atoms with van der Waals surface area (Å²) in [5.74, 6) is 0.122. The average molecular weight is 284 g/mol. The maximum Gasteiger partial charge on any atom is 0.237 e. The molecule has 1 unspecified atom stereocenters. The smallest absolute Gasteiger partial charge is 0.237 e. The van der Waals surface area contributed by atoms with E-state index < -0.39 is 0 Å². The number of nitrogen functional groups attached to an aromatic ring is 1. The van der Waals surface area contributed by atoms with Crippen LogP contribution < -0.4 is 11.1 Å². The molecule has 21 heavy (non-hydrogen) atoms. The van der Waals surface area contributed by atoms with Crippen molar-refractivity contribution in [2.75, 3.05) is 18.8 Å². The van der Waals surface area contributed by atoms with Gasteiger partial charge in [-0.3, -0.25) is 14.7 Å². The van der Waals surface area contributed by atoms with Gasteiger partial charge in [-0.2, -0.15) is 0 Å². The molecular formula is C16H20N4O. The van der Waals surface area contributed by atoms with Gasteiger partial charge < -0.3 is 11.1 Å². The number of fused-ring (bicyclic) bond motifs is 1. The minimum absolute atomic E-state index is 0.0601. The highest BCUT2D eigenvalue weighted by atomic mass is 16.2. The van der Waals surface area contributed by atoms with Crippen LogP contribution in [0.25, 0.3) is 10.9 Å². The molecule has 1 aliphatic rings. The first-order chi connectivity index (χ1) is 10.2. The Kier molecular flexibility index (Phi) is 3.75. The Morgan fingerprint density at radius 1 is 1.43 bits per heavy atom. The van der Waals surface area contributed by atoms with E-state index in [-0.39, 0.29) is 11.9 Å². The predicted octanol–water partition coefficient (Wildman–Crippen LogP) is 1.53. The van der Waals surface area contributed by atoms with Crippen molar-refractivity contribution < 1.29 is 4.79 Å². The van der Waals surface area contributed by atoms with Gasteiger partial charge in [-0.25, -0.2) is 0 Å². The lowest BCUT2D eigenvalue weighted by molar-refractivity contribution is -0.129. The summed E-state index contributed by atoms with van der Waals surface area (Å²) in [5.41, 5.74) is 8.80. The third-order valence-corrected chi connectivity index (χ3v) is 4.09. The van der Waals surface area contributed by atoms with Crippen molar-refractivity contribution in [2.45, 2.75) is 25.9 Å². The third-order valence-electron chi connectivity index (χ3n) is 4.09. The number of aromatic nitrogens is 1. The number of carbonyl (C=O) groups excluding carboxylic acids is 1. The second-order valence-electron chi connectivity index (χ2n) is 5.40. The molecule has 0 bridgehead atoms. The molecule has 3 N–H and O–H groups in total. The Hall–Kier alpha value is -2.14. The molecule has 3 rings (SSSR count). The summed E-state index contributed by atoms with van der Waals surface area (Å²) in [6, 6.07) is 7.76. The molecule has 5 heteroatoms. The minimum Gasteiger partial charge on any atom is -0.398 e. The molecule has 1 aromatic heterocycles. The van der Waals surface area contributed by atoms with Crippen molar-refractivity contribution in [2.24, 2.45) is 0 Å². The summed E-state index contributed by atoms with van der Waals surface area (Å²) in [6.07, 6.45) is 2.59. The van der Waals surface area contributed by atoms with Gasteiger partial charge >= 0.3 is 0 Å². The van der Waals surface area contributed by atoms with Crippen LogP contribution in [0.1, 0.15) is 18.9 Å². The van der Waals surface area contributed by atoms with Crippen LogP contribution in [-0.4, -0.2) is 34.9 Å². The second kappa shape index (κ2) is 5.69.